The lowest BCUT2D eigenvalue weighted by molar-refractivity contribution is -0.171. The first-order valence-corrected chi connectivity index (χ1v) is 8.18. The van der Waals surface area contributed by atoms with Crippen LogP contribution in [0.25, 0.3) is 0 Å². The summed E-state index contributed by atoms with van der Waals surface area (Å²) in [6.07, 6.45) is -1.39. The van der Waals surface area contributed by atoms with Crippen LogP contribution >= 0.6 is 31.9 Å². The van der Waals surface area contributed by atoms with E-state index in [9.17, 15) is 20.1 Å². The van der Waals surface area contributed by atoms with E-state index < -0.39 is 23.1 Å². The first-order valence-electron chi connectivity index (χ1n) is 6.59. The molecule has 0 amide bonds. The molecular weight excluding hydrogens is 416 g/mol. The standard InChI is InChI=1S/C16H10Br2O4/c17-7-1-3-11-9(5-7)13(19)16(22)12-4-2-8(18)6-10(12)14(20)15(11,16)21/h1-6,13,19,21-22H/t13-,15-,16-/m1/s1. The SMILES string of the molecule is O=C1c2cc(Br)ccc2[C@@]2(O)[C@H](O)c3cc(Br)ccc3[C@@]12O. The Labute approximate surface area is 142 Å². The van der Waals surface area contributed by atoms with Gasteiger partial charge in [0, 0.05) is 25.6 Å². The van der Waals surface area contributed by atoms with Crippen molar-refractivity contribution in [2.75, 3.05) is 0 Å². The minimum absolute atomic E-state index is 0.215. The van der Waals surface area contributed by atoms with Gasteiger partial charge in [0.25, 0.3) is 0 Å². The van der Waals surface area contributed by atoms with Gasteiger partial charge in [0.1, 0.15) is 6.10 Å². The second-order valence-corrected chi connectivity index (χ2v) is 7.46. The number of carbonyl (C=O) groups is 1. The first kappa shape index (κ1) is 14.5. The number of hydrogen-bond acceptors (Lipinski definition) is 4. The molecule has 3 atom stereocenters. The minimum atomic E-state index is -2.18. The molecule has 4 rings (SSSR count). The molecule has 0 unspecified atom stereocenters. The number of hydrogen-bond donors (Lipinski definition) is 3. The Kier molecular flexibility index (Phi) is 2.82. The van der Waals surface area contributed by atoms with E-state index in [0.717, 1.165) is 0 Å². The van der Waals surface area contributed by atoms with Gasteiger partial charge in [0.2, 0.25) is 5.78 Å². The molecule has 0 spiro atoms. The van der Waals surface area contributed by atoms with Crippen LogP contribution in [0.5, 0.6) is 0 Å². The molecule has 0 radical (unpaired) electrons. The summed E-state index contributed by atoms with van der Waals surface area (Å²) in [6, 6.07) is 9.61. The predicted octanol–water partition coefficient (Wildman–Crippen LogP) is 2.53. The zero-order chi connectivity index (χ0) is 15.9. The highest BCUT2D eigenvalue weighted by Crippen LogP contribution is 2.62. The molecule has 0 saturated heterocycles. The van der Waals surface area contributed by atoms with Gasteiger partial charge in [-0.1, -0.05) is 44.0 Å². The van der Waals surface area contributed by atoms with Crippen molar-refractivity contribution in [1.29, 1.82) is 0 Å². The van der Waals surface area contributed by atoms with Gasteiger partial charge in [-0.25, -0.2) is 0 Å². The minimum Gasteiger partial charge on any atom is -0.385 e. The molecule has 0 fully saturated rings. The van der Waals surface area contributed by atoms with Crippen molar-refractivity contribution in [3.63, 3.8) is 0 Å². The normalized spacial score (nSPS) is 31.9. The molecule has 0 bridgehead atoms. The molecule has 2 aliphatic carbocycles. The Morgan fingerprint density at radius 3 is 2.23 bits per heavy atom. The van der Waals surface area contributed by atoms with Gasteiger partial charge in [0.05, 0.1) is 0 Å². The van der Waals surface area contributed by atoms with Crippen LogP contribution in [0.3, 0.4) is 0 Å². The number of aliphatic hydroxyl groups is 3. The van der Waals surface area contributed by atoms with E-state index in [0.29, 0.717) is 14.5 Å². The molecular formula is C16H10Br2O4. The number of rotatable bonds is 0. The van der Waals surface area contributed by atoms with Gasteiger partial charge in [-0.15, -0.1) is 0 Å². The van der Waals surface area contributed by atoms with E-state index in [1.807, 2.05) is 0 Å². The molecule has 0 saturated carbocycles. The van der Waals surface area contributed by atoms with Gasteiger partial charge in [0.15, 0.2) is 11.2 Å². The van der Waals surface area contributed by atoms with Crippen LogP contribution in [0.2, 0.25) is 0 Å². The fourth-order valence-corrected chi connectivity index (χ4v) is 4.33. The number of ketones is 1. The highest BCUT2D eigenvalue weighted by Gasteiger charge is 2.71. The molecule has 0 aliphatic heterocycles. The maximum absolute atomic E-state index is 12.8. The van der Waals surface area contributed by atoms with Crippen molar-refractivity contribution < 1.29 is 20.1 Å². The van der Waals surface area contributed by atoms with Gasteiger partial charge in [-0.05, 0) is 29.8 Å². The number of benzene rings is 2. The predicted molar refractivity (Wildman–Crippen MR) is 85.4 cm³/mol. The molecule has 2 aliphatic rings. The lowest BCUT2D eigenvalue weighted by atomic mass is 9.82. The monoisotopic (exact) mass is 424 g/mol. The lowest BCUT2D eigenvalue weighted by Crippen LogP contribution is -2.48. The molecule has 112 valence electrons. The maximum Gasteiger partial charge on any atom is 0.202 e. The van der Waals surface area contributed by atoms with Gasteiger partial charge < -0.3 is 15.3 Å². The van der Waals surface area contributed by atoms with Crippen LogP contribution in [0.1, 0.15) is 33.2 Å². The first-order chi connectivity index (χ1) is 10.3. The second kappa shape index (κ2) is 4.27. The molecule has 6 heteroatoms. The zero-order valence-electron chi connectivity index (χ0n) is 11.0. The molecule has 3 N–H and O–H groups in total. The summed E-state index contributed by atoms with van der Waals surface area (Å²) >= 11 is 6.58. The third kappa shape index (κ3) is 1.40. The molecule has 22 heavy (non-hydrogen) atoms. The van der Waals surface area contributed by atoms with E-state index in [1.165, 1.54) is 0 Å². The second-order valence-electron chi connectivity index (χ2n) is 5.63. The van der Waals surface area contributed by atoms with E-state index >= 15 is 0 Å². The molecule has 0 aromatic heterocycles. The van der Waals surface area contributed by atoms with Crippen LogP contribution in [0.4, 0.5) is 0 Å². The van der Waals surface area contributed by atoms with Gasteiger partial charge in [-0.3, -0.25) is 4.79 Å². The van der Waals surface area contributed by atoms with E-state index in [-0.39, 0.29) is 16.7 Å². The van der Waals surface area contributed by atoms with E-state index in [1.54, 1.807) is 36.4 Å². The van der Waals surface area contributed by atoms with Crippen LogP contribution in [-0.2, 0) is 11.2 Å². The Morgan fingerprint density at radius 2 is 1.55 bits per heavy atom. The fraction of sp³-hybridized carbons (Fsp3) is 0.188. The van der Waals surface area contributed by atoms with Crippen molar-refractivity contribution in [3.8, 4) is 0 Å². The highest BCUT2D eigenvalue weighted by atomic mass is 79.9. The van der Waals surface area contributed by atoms with Crippen molar-refractivity contribution in [3.05, 3.63) is 67.6 Å². The number of fused-ring (bicyclic) bond motifs is 5. The fourth-order valence-electron chi connectivity index (χ4n) is 3.59. The van der Waals surface area contributed by atoms with Crippen LogP contribution < -0.4 is 0 Å². The van der Waals surface area contributed by atoms with E-state index in [2.05, 4.69) is 31.9 Å². The summed E-state index contributed by atoms with van der Waals surface area (Å²) in [5, 5.41) is 32.9. The lowest BCUT2D eigenvalue weighted by Gasteiger charge is -2.33. The summed E-state index contributed by atoms with van der Waals surface area (Å²) in [4.78, 5) is 12.8. The number of halogens is 2. The van der Waals surface area contributed by atoms with E-state index in [4.69, 9.17) is 0 Å². The van der Waals surface area contributed by atoms with Crippen LogP contribution in [0.15, 0.2) is 45.3 Å². The third-order valence-corrected chi connectivity index (χ3v) is 5.60. The smallest absolute Gasteiger partial charge is 0.202 e. The highest BCUT2D eigenvalue weighted by molar-refractivity contribution is 9.10. The quantitative estimate of drug-likeness (QED) is 0.606. The number of carbonyl (C=O) groups excluding carboxylic acids is 1. The zero-order valence-corrected chi connectivity index (χ0v) is 14.2. The Morgan fingerprint density at radius 1 is 0.955 bits per heavy atom. The summed E-state index contributed by atoms with van der Waals surface area (Å²) in [7, 11) is 0. The van der Waals surface area contributed by atoms with Crippen LogP contribution in [-0.4, -0.2) is 21.1 Å². The third-order valence-electron chi connectivity index (χ3n) is 4.61. The summed E-state index contributed by atoms with van der Waals surface area (Å²) in [5.74, 6) is -0.605. The number of Topliss-reactive ketones (excluding diaryl/α,β-unsaturated/α-hetero) is 1. The van der Waals surface area contributed by atoms with Crippen molar-refractivity contribution in [2.45, 2.75) is 17.3 Å². The van der Waals surface area contributed by atoms with Crippen molar-refractivity contribution >= 4 is 37.6 Å². The summed E-state index contributed by atoms with van der Waals surface area (Å²) in [5.41, 5.74) is -3.21. The van der Waals surface area contributed by atoms with Crippen molar-refractivity contribution in [2.24, 2.45) is 0 Å². The topological polar surface area (TPSA) is 77.8 Å². The largest absolute Gasteiger partial charge is 0.385 e. The Hall–Kier alpha value is -1.05. The summed E-state index contributed by atoms with van der Waals surface area (Å²) in [6.45, 7) is 0. The average Bonchev–Trinajstić information content (AvgIpc) is 2.77. The maximum atomic E-state index is 12.8. The van der Waals surface area contributed by atoms with Gasteiger partial charge >= 0.3 is 0 Å². The Bertz CT molecular complexity index is 850. The average molecular weight is 426 g/mol. The van der Waals surface area contributed by atoms with Crippen molar-refractivity contribution in [1.82, 2.24) is 0 Å². The number of aliphatic hydroxyl groups excluding tert-OH is 1. The molecule has 2 aromatic carbocycles. The Balaban J connectivity index is 2.09. The summed E-state index contributed by atoms with van der Waals surface area (Å²) < 4.78 is 1.36. The van der Waals surface area contributed by atoms with Crippen LogP contribution in [0, 0.1) is 0 Å². The molecule has 0 heterocycles. The molecule has 2 aromatic rings. The molecule has 4 nitrogen and oxygen atoms in total. The van der Waals surface area contributed by atoms with Gasteiger partial charge in [-0.2, -0.15) is 0 Å².